The number of anilines is 2. The minimum Gasteiger partial charge on any atom is -0.495 e. The molecule has 2 heterocycles. The molecule has 0 saturated heterocycles. The summed E-state index contributed by atoms with van der Waals surface area (Å²) in [6.45, 7) is 3.69. The predicted octanol–water partition coefficient (Wildman–Crippen LogP) is 4.72. The molecule has 0 bridgehead atoms. The van der Waals surface area contributed by atoms with E-state index < -0.39 is 5.97 Å². The van der Waals surface area contributed by atoms with Crippen LogP contribution in [0.1, 0.15) is 20.8 Å². The number of benzene rings is 2. The van der Waals surface area contributed by atoms with E-state index in [1.165, 1.54) is 37.7 Å². The van der Waals surface area contributed by atoms with Crippen molar-refractivity contribution in [2.75, 3.05) is 24.9 Å². The molecule has 2 amide bonds. The SMILES string of the molecule is C=C/C(OC)=C(N)/C=C1\C(=O)Nc2ccc(NC(=O)Cc3cccs3)c(-c3ccc(C(=O)OC)cc3)c21. The Morgan fingerprint density at radius 2 is 1.84 bits per heavy atom. The largest absolute Gasteiger partial charge is 0.495 e. The number of hydrogen-bond acceptors (Lipinski definition) is 7. The lowest BCUT2D eigenvalue weighted by molar-refractivity contribution is -0.115. The van der Waals surface area contributed by atoms with E-state index in [0.29, 0.717) is 45.0 Å². The summed E-state index contributed by atoms with van der Waals surface area (Å²) in [5, 5.41) is 7.75. The number of hydrogen-bond donors (Lipinski definition) is 3. The van der Waals surface area contributed by atoms with Gasteiger partial charge in [-0.2, -0.15) is 0 Å². The Hall–Kier alpha value is -4.63. The molecule has 8 nitrogen and oxygen atoms in total. The summed E-state index contributed by atoms with van der Waals surface area (Å²) in [6.07, 6.45) is 3.18. The highest BCUT2D eigenvalue weighted by Gasteiger charge is 2.30. The number of nitrogens with two attached hydrogens (primary N) is 1. The molecule has 4 rings (SSSR count). The lowest BCUT2D eigenvalue weighted by atomic mass is 9.92. The van der Waals surface area contributed by atoms with Crippen LogP contribution in [-0.2, 0) is 25.5 Å². The van der Waals surface area contributed by atoms with Crippen molar-refractivity contribution >= 4 is 46.1 Å². The van der Waals surface area contributed by atoms with E-state index in [1.807, 2.05) is 17.5 Å². The Bertz CT molecular complexity index is 1440. The monoisotopic (exact) mass is 515 g/mol. The van der Waals surface area contributed by atoms with Gasteiger partial charge >= 0.3 is 5.97 Å². The first-order chi connectivity index (χ1) is 17.9. The lowest BCUT2D eigenvalue weighted by Gasteiger charge is -2.16. The van der Waals surface area contributed by atoms with Gasteiger partial charge in [0, 0.05) is 27.4 Å². The number of methoxy groups -OCH3 is 2. The Morgan fingerprint density at radius 1 is 1.08 bits per heavy atom. The maximum Gasteiger partial charge on any atom is 0.337 e. The van der Waals surface area contributed by atoms with Gasteiger partial charge in [-0.25, -0.2) is 4.79 Å². The summed E-state index contributed by atoms with van der Waals surface area (Å²) in [4.78, 5) is 38.8. The summed E-state index contributed by atoms with van der Waals surface area (Å²) in [5.74, 6) is -0.711. The molecule has 1 aromatic heterocycles. The average Bonchev–Trinajstić information content (AvgIpc) is 3.52. The molecule has 0 radical (unpaired) electrons. The van der Waals surface area contributed by atoms with Gasteiger partial charge in [-0.15, -0.1) is 11.3 Å². The number of amides is 2. The zero-order valence-corrected chi connectivity index (χ0v) is 21.1. The van der Waals surface area contributed by atoms with Crippen LogP contribution in [-0.4, -0.2) is 32.0 Å². The molecule has 0 fully saturated rings. The van der Waals surface area contributed by atoms with E-state index in [4.69, 9.17) is 15.2 Å². The number of carbonyl (C=O) groups is 3. The van der Waals surface area contributed by atoms with E-state index in [1.54, 1.807) is 36.4 Å². The first-order valence-electron chi connectivity index (χ1n) is 11.2. The van der Waals surface area contributed by atoms with Gasteiger partial charge in [0.1, 0.15) is 5.76 Å². The summed E-state index contributed by atoms with van der Waals surface area (Å²) >= 11 is 1.50. The fraction of sp³-hybridized carbons (Fsp3) is 0.107. The van der Waals surface area contributed by atoms with E-state index in [0.717, 1.165) is 4.88 Å². The van der Waals surface area contributed by atoms with Crippen molar-refractivity contribution in [2.24, 2.45) is 5.73 Å². The van der Waals surface area contributed by atoms with Crippen LogP contribution in [0.25, 0.3) is 16.7 Å². The summed E-state index contributed by atoms with van der Waals surface area (Å²) in [6, 6.07) is 14.0. The van der Waals surface area contributed by atoms with Crippen molar-refractivity contribution in [3.05, 3.63) is 100 Å². The van der Waals surface area contributed by atoms with Crippen molar-refractivity contribution in [2.45, 2.75) is 6.42 Å². The van der Waals surface area contributed by atoms with Gasteiger partial charge in [-0.1, -0.05) is 24.8 Å². The smallest absolute Gasteiger partial charge is 0.337 e. The van der Waals surface area contributed by atoms with E-state index >= 15 is 0 Å². The Morgan fingerprint density at radius 3 is 2.46 bits per heavy atom. The number of nitrogens with one attached hydrogen (secondary N) is 2. The summed E-state index contributed by atoms with van der Waals surface area (Å²) in [7, 11) is 2.77. The van der Waals surface area contributed by atoms with Gasteiger partial charge in [-0.05, 0) is 53.4 Å². The molecular formula is C28H25N3O5S. The molecule has 188 valence electrons. The zero-order chi connectivity index (χ0) is 26.5. The highest BCUT2D eigenvalue weighted by atomic mass is 32.1. The molecule has 0 unspecified atom stereocenters. The third-order valence-corrected chi connectivity index (χ3v) is 6.62. The molecule has 0 aliphatic carbocycles. The zero-order valence-electron chi connectivity index (χ0n) is 20.3. The van der Waals surface area contributed by atoms with Crippen LogP contribution in [0.3, 0.4) is 0 Å². The molecular weight excluding hydrogens is 490 g/mol. The van der Waals surface area contributed by atoms with Crippen LogP contribution in [0.5, 0.6) is 0 Å². The van der Waals surface area contributed by atoms with E-state index in [2.05, 4.69) is 17.2 Å². The van der Waals surface area contributed by atoms with Crippen molar-refractivity contribution in [1.82, 2.24) is 0 Å². The fourth-order valence-corrected chi connectivity index (χ4v) is 4.74. The number of carbonyl (C=O) groups excluding carboxylic acids is 3. The average molecular weight is 516 g/mol. The highest BCUT2D eigenvalue weighted by Crippen LogP contribution is 2.44. The molecule has 1 aliphatic rings. The van der Waals surface area contributed by atoms with Gasteiger partial charge < -0.3 is 25.8 Å². The van der Waals surface area contributed by atoms with Crippen LogP contribution in [0.4, 0.5) is 11.4 Å². The number of esters is 1. The van der Waals surface area contributed by atoms with Crippen molar-refractivity contribution in [3.63, 3.8) is 0 Å². The van der Waals surface area contributed by atoms with Gasteiger partial charge in [-0.3, -0.25) is 9.59 Å². The van der Waals surface area contributed by atoms with Crippen LogP contribution in [0.15, 0.2) is 84.1 Å². The minimum atomic E-state index is -0.471. The first kappa shape index (κ1) is 25.5. The lowest BCUT2D eigenvalue weighted by Crippen LogP contribution is -2.15. The van der Waals surface area contributed by atoms with Gasteiger partial charge in [0.2, 0.25) is 5.91 Å². The normalized spacial score (nSPS) is 13.9. The third-order valence-electron chi connectivity index (χ3n) is 5.74. The molecule has 9 heteroatoms. The maximum absolute atomic E-state index is 13.0. The second-order valence-corrected chi connectivity index (χ2v) is 9.06. The number of ether oxygens (including phenoxy) is 2. The predicted molar refractivity (Wildman–Crippen MR) is 145 cm³/mol. The second kappa shape index (κ2) is 11.0. The molecule has 0 atom stereocenters. The van der Waals surface area contributed by atoms with Gasteiger partial charge in [0.15, 0.2) is 0 Å². The number of thiophene rings is 1. The highest BCUT2D eigenvalue weighted by molar-refractivity contribution is 7.10. The second-order valence-electron chi connectivity index (χ2n) is 8.02. The maximum atomic E-state index is 13.0. The fourth-order valence-electron chi connectivity index (χ4n) is 4.03. The molecule has 1 aliphatic heterocycles. The van der Waals surface area contributed by atoms with Crippen LogP contribution < -0.4 is 16.4 Å². The Balaban J connectivity index is 1.87. The summed E-state index contributed by atoms with van der Waals surface area (Å²) < 4.78 is 10.0. The van der Waals surface area contributed by atoms with E-state index in [9.17, 15) is 14.4 Å². The van der Waals surface area contributed by atoms with Gasteiger partial charge in [0.05, 0.1) is 37.5 Å². The molecule has 37 heavy (non-hydrogen) atoms. The molecule has 3 aromatic rings. The topological polar surface area (TPSA) is 120 Å². The molecule has 4 N–H and O–H groups in total. The minimum absolute atomic E-state index is 0.203. The standard InChI is InChI=1S/C28H25N3O5S/c1-4-23(35-2)20(29)15-19-26-22(31-27(19)33)12-11-21(30-24(32)14-18-6-5-13-37-18)25(26)16-7-9-17(10-8-16)28(34)36-3/h4-13,15H,1,14,29H2,2-3H3,(H,30,32)(H,31,33)/b19-15-,23-20+. The quantitative estimate of drug-likeness (QED) is 0.173. The third kappa shape index (κ3) is 5.31. The van der Waals surface area contributed by atoms with Crippen molar-refractivity contribution in [1.29, 1.82) is 0 Å². The first-order valence-corrected chi connectivity index (χ1v) is 12.1. The van der Waals surface area contributed by atoms with Crippen molar-refractivity contribution in [3.8, 4) is 11.1 Å². The van der Waals surface area contributed by atoms with Crippen LogP contribution in [0.2, 0.25) is 0 Å². The van der Waals surface area contributed by atoms with Crippen molar-refractivity contribution < 1.29 is 23.9 Å². The van der Waals surface area contributed by atoms with Crippen LogP contribution >= 0.6 is 11.3 Å². The number of rotatable bonds is 8. The Labute approximate surface area is 218 Å². The molecule has 2 aromatic carbocycles. The number of fused-ring (bicyclic) bond motifs is 1. The number of allylic oxidation sites excluding steroid dienone is 2. The van der Waals surface area contributed by atoms with Crippen LogP contribution in [0, 0.1) is 0 Å². The molecule has 0 saturated carbocycles. The van der Waals surface area contributed by atoms with Gasteiger partial charge in [0.25, 0.3) is 5.91 Å². The van der Waals surface area contributed by atoms with E-state index in [-0.39, 0.29) is 23.9 Å². The summed E-state index contributed by atoms with van der Waals surface area (Å²) in [5.41, 5.74) is 9.99. The molecule has 0 spiro atoms. The Kier molecular flexibility index (Phi) is 7.55.